The van der Waals surface area contributed by atoms with Crippen LogP contribution in [0, 0.1) is 0 Å². The zero-order valence-electron chi connectivity index (χ0n) is 19.6. The first-order valence-corrected chi connectivity index (χ1v) is 12.6. The van der Waals surface area contributed by atoms with Gasteiger partial charge in [0.05, 0.1) is 6.61 Å². The van der Waals surface area contributed by atoms with E-state index in [9.17, 15) is 14.4 Å². The van der Waals surface area contributed by atoms with Crippen molar-refractivity contribution in [1.29, 1.82) is 0 Å². The molecular formula is C28H32N2O4. The number of carbonyl (C=O) groups excluding carboxylic acids is 3. The van der Waals surface area contributed by atoms with Crippen LogP contribution in [0.5, 0.6) is 5.75 Å². The van der Waals surface area contributed by atoms with Gasteiger partial charge in [0, 0.05) is 36.7 Å². The standard InChI is InChI=1S/C28H32N2O4/c31-26-14-13-23-24(26)9-4-10-25(23)28(33)29-15-5-17-34-22-8-3-6-20(18-22)11-12-21-7-1-2-16-30(21)27(32)19-29/h3-4,6,8-10,18,21H,1-2,5,7,11-17,19H2. The van der Waals surface area contributed by atoms with Gasteiger partial charge in [-0.2, -0.15) is 0 Å². The Labute approximate surface area is 200 Å². The van der Waals surface area contributed by atoms with Gasteiger partial charge in [-0.3, -0.25) is 14.4 Å². The van der Waals surface area contributed by atoms with Crippen molar-refractivity contribution in [1.82, 2.24) is 9.80 Å². The summed E-state index contributed by atoms with van der Waals surface area (Å²) >= 11 is 0. The molecule has 2 amide bonds. The lowest BCUT2D eigenvalue weighted by Gasteiger charge is -2.37. The molecule has 1 saturated heterocycles. The largest absolute Gasteiger partial charge is 0.494 e. The first kappa shape index (κ1) is 22.6. The number of Topliss-reactive ketones (excluding diaryl/α,β-unsaturated/α-hetero) is 1. The van der Waals surface area contributed by atoms with Crippen molar-refractivity contribution in [2.45, 2.75) is 57.4 Å². The minimum atomic E-state index is -0.164. The third kappa shape index (κ3) is 4.72. The molecule has 1 fully saturated rings. The van der Waals surface area contributed by atoms with Gasteiger partial charge in [0.15, 0.2) is 5.78 Å². The number of ketones is 1. The van der Waals surface area contributed by atoms with E-state index >= 15 is 0 Å². The van der Waals surface area contributed by atoms with E-state index in [0.717, 1.165) is 50.0 Å². The lowest BCUT2D eigenvalue weighted by Crippen LogP contribution is -2.49. The highest BCUT2D eigenvalue weighted by Crippen LogP contribution is 2.27. The van der Waals surface area contributed by atoms with Crippen molar-refractivity contribution in [3.05, 3.63) is 64.7 Å². The Morgan fingerprint density at radius 1 is 0.912 bits per heavy atom. The highest BCUT2D eigenvalue weighted by atomic mass is 16.5. The molecule has 178 valence electrons. The summed E-state index contributed by atoms with van der Waals surface area (Å²) in [6.07, 6.45) is 6.62. The summed E-state index contributed by atoms with van der Waals surface area (Å²) in [5, 5.41) is 0. The molecule has 34 heavy (non-hydrogen) atoms. The molecule has 2 aromatic carbocycles. The van der Waals surface area contributed by atoms with Crippen LogP contribution >= 0.6 is 0 Å². The van der Waals surface area contributed by atoms with E-state index in [-0.39, 0.29) is 30.2 Å². The smallest absolute Gasteiger partial charge is 0.254 e. The Balaban J connectivity index is 1.42. The van der Waals surface area contributed by atoms with Gasteiger partial charge in [-0.25, -0.2) is 0 Å². The number of hydrogen-bond donors (Lipinski definition) is 0. The van der Waals surface area contributed by atoms with Crippen LogP contribution in [-0.2, 0) is 17.6 Å². The Bertz CT molecular complexity index is 1100. The summed E-state index contributed by atoms with van der Waals surface area (Å²) in [4.78, 5) is 43.0. The van der Waals surface area contributed by atoms with Crippen molar-refractivity contribution in [2.75, 3.05) is 26.2 Å². The third-order valence-corrected chi connectivity index (χ3v) is 7.38. The van der Waals surface area contributed by atoms with E-state index < -0.39 is 0 Å². The normalized spacial score (nSPS) is 21.4. The summed E-state index contributed by atoms with van der Waals surface area (Å²) in [6, 6.07) is 13.8. The first-order chi connectivity index (χ1) is 16.6. The van der Waals surface area contributed by atoms with Gasteiger partial charge >= 0.3 is 0 Å². The van der Waals surface area contributed by atoms with E-state index in [1.807, 2.05) is 17.0 Å². The molecule has 6 heteroatoms. The van der Waals surface area contributed by atoms with Crippen LogP contribution in [0.2, 0.25) is 0 Å². The monoisotopic (exact) mass is 460 g/mol. The topological polar surface area (TPSA) is 66.9 Å². The third-order valence-electron chi connectivity index (χ3n) is 7.38. The van der Waals surface area contributed by atoms with Crippen LogP contribution < -0.4 is 4.74 Å². The molecule has 0 aromatic heterocycles. The van der Waals surface area contributed by atoms with Crippen LogP contribution in [0.4, 0.5) is 0 Å². The van der Waals surface area contributed by atoms with Crippen LogP contribution in [0.1, 0.15) is 70.4 Å². The molecule has 6 nitrogen and oxygen atoms in total. The van der Waals surface area contributed by atoms with E-state index in [1.165, 1.54) is 5.56 Å². The molecule has 0 N–H and O–H groups in total. The Morgan fingerprint density at radius 2 is 1.79 bits per heavy atom. The molecule has 2 aliphatic heterocycles. The maximum Gasteiger partial charge on any atom is 0.254 e. The second-order valence-corrected chi connectivity index (χ2v) is 9.61. The van der Waals surface area contributed by atoms with E-state index in [1.54, 1.807) is 23.1 Å². The number of hydrogen-bond acceptors (Lipinski definition) is 4. The average molecular weight is 461 g/mol. The number of ether oxygens (including phenoxy) is 1. The van der Waals surface area contributed by atoms with Crippen LogP contribution in [0.3, 0.4) is 0 Å². The van der Waals surface area contributed by atoms with Crippen molar-refractivity contribution >= 4 is 17.6 Å². The Hall–Kier alpha value is -3.15. The molecule has 5 rings (SSSR count). The second kappa shape index (κ2) is 10.00. The highest BCUT2D eigenvalue weighted by molar-refractivity contribution is 6.06. The zero-order chi connectivity index (χ0) is 23.5. The number of piperidine rings is 1. The summed E-state index contributed by atoms with van der Waals surface area (Å²) in [5.41, 5.74) is 3.27. The van der Waals surface area contributed by atoms with Gasteiger partial charge < -0.3 is 14.5 Å². The Kier molecular flexibility index (Phi) is 6.66. The van der Waals surface area contributed by atoms with Gasteiger partial charge in [0.1, 0.15) is 12.3 Å². The summed E-state index contributed by atoms with van der Waals surface area (Å²) in [7, 11) is 0. The molecule has 1 unspecified atom stereocenters. The van der Waals surface area contributed by atoms with E-state index in [0.29, 0.717) is 43.5 Å². The molecule has 0 saturated carbocycles. The number of carbonyl (C=O) groups is 3. The lowest BCUT2D eigenvalue weighted by molar-refractivity contribution is -0.135. The summed E-state index contributed by atoms with van der Waals surface area (Å²) in [6.45, 7) is 1.72. The van der Waals surface area contributed by atoms with Gasteiger partial charge in [0.2, 0.25) is 5.91 Å². The molecular weight excluding hydrogens is 428 g/mol. The molecule has 2 aromatic rings. The number of rotatable bonds is 1. The van der Waals surface area contributed by atoms with Gasteiger partial charge in [-0.15, -0.1) is 0 Å². The van der Waals surface area contributed by atoms with E-state index in [4.69, 9.17) is 4.74 Å². The maximum absolute atomic E-state index is 13.7. The minimum absolute atomic E-state index is 0.0217. The van der Waals surface area contributed by atoms with Crippen LogP contribution in [0.15, 0.2) is 42.5 Å². The van der Waals surface area contributed by atoms with Crippen molar-refractivity contribution < 1.29 is 19.1 Å². The fourth-order valence-corrected chi connectivity index (χ4v) is 5.57. The SMILES string of the molecule is O=C1CCc2c1cccc2C(=O)N1CCCOc2cccc(c2)CCC2CCCCN2C(=O)C1. The molecule has 0 spiro atoms. The molecule has 1 aliphatic carbocycles. The van der Waals surface area contributed by atoms with Crippen molar-refractivity contribution in [2.24, 2.45) is 0 Å². The van der Waals surface area contributed by atoms with Crippen molar-refractivity contribution in [3.8, 4) is 5.75 Å². The quantitative estimate of drug-likeness (QED) is 0.644. The molecule has 0 radical (unpaired) electrons. The number of benzene rings is 2. The number of amides is 2. The zero-order valence-corrected chi connectivity index (χ0v) is 19.6. The fraction of sp³-hybridized carbons (Fsp3) is 0.464. The minimum Gasteiger partial charge on any atom is -0.494 e. The van der Waals surface area contributed by atoms with E-state index in [2.05, 4.69) is 12.1 Å². The van der Waals surface area contributed by atoms with Crippen LogP contribution in [0.25, 0.3) is 0 Å². The van der Waals surface area contributed by atoms with Gasteiger partial charge in [0.25, 0.3) is 5.91 Å². The maximum atomic E-state index is 13.7. The highest BCUT2D eigenvalue weighted by Gasteiger charge is 2.31. The lowest BCUT2D eigenvalue weighted by atomic mass is 9.95. The summed E-state index contributed by atoms with van der Waals surface area (Å²) in [5.74, 6) is 0.799. The van der Waals surface area contributed by atoms with Gasteiger partial charge in [-0.05, 0) is 74.3 Å². The Morgan fingerprint density at radius 3 is 2.71 bits per heavy atom. The number of fused-ring (bicyclic) bond motifs is 4. The second-order valence-electron chi connectivity index (χ2n) is 9.61. The summed E-state index contributed by atoms with van der Waals surface area (Å²) < 4.78 is 5.97. The number of nitrogens with zero attached hydrogens (tertiary/aromatic N) is 2. The van der Waals surface area contributed by atoms with Crippen LogP contribution in [-0.4, -0.2) is 59.7 Å². The fourth-order valence-electron chi connectivity index (χ4n) is 5.57. The molecule has 2 bridgehead atoms. The first-order valence-electron chi connectivity index (χ1n) is 12.6. The molecule has 2 heterocycles. The predicted octanol–water partition coefficient (Wildman–Crippen LogP) is 4.05. The average Bonchev–Trinajstić information content (AvgIpc) is 3.25. The predicted molar refractivity (Wildman–Crippen MR) is 129 cm³/mol. The molecule has 3 aliphatic rings. The van der Waals surface area contributed by atoms with Gasteiger partial charge in [-0.1, -0.05) is 24.3 Å². The van der Waals surface area contributed by atoms with Crippen molar-refractivity contribution in [3.63, 3.8) is 0 Å². The number of aryl methyl sites for hydroxylation is 1. The molecule has 1 atom stereocenters.